The van der Waals surface area contributed by atoms with Crippen molar-refractivity contribution in [3.63, 3.8) is 0 Å². The quantitative estimate of drug-likeness (QED) is 0.819. The van der Waals surface area contributed by atoms with Gasteiger partial charge in [0.25, 0.3) is 0 Å². The Morgan fingerprint density at radius 1 is 1.00 bits per heavy atom. The van der Waals surface area contributed by atoms with Crippen LogP contribution in [0.3, 0.4) is 0 Å². The Morgan fingerprint density at radius 2 is 1.67 bits per heavy atom. The van der Waals surface area contributed by atoms with Crippen molar-refractivity contribution in [2.24, 2.45) is 0 Å². The highest BCUT2D eigenvalue weighted by Gasteiger charge is 2.32. The van der Waals surface area contributed by atoms with Crippen LogP contribution >= 0.6 is 0 Å². The van der Waals surface area contributed by atoms with E-state index in [1.165, 1.54) is 22.3 Å². The summed E-state index contributed by atoms with van der Waals surface area (Å²) in [4.78, 5) is 0. The molecule has 1 atom stereocenters. The average molecular weight is 281 g/mol. The number of benzene rings is 2. The maximum absolute atomic E-state index is 3.70. The summed E-state index contributed by atoms with van der Waals surface area (Å²) in [6.07, 6.45) is 0. The fourth-order valence-electron chi connectivity index (χ4n) is 3.14. The third kappa shape index (κ3) is 3.36. The molecule has 0 amide bonds. The van der Waals surface area contributed by atoms with Crippen molar-refractivity contribution in [2.45, 2.75) is 46.1 Å². The van der Waals surface area contributed by atoms with Crippen molar-refractivity contribution < 1.29 is 0 Å². The number of hydrogen-bond donors (Lipinski definition) is 1. The van der Waals surface area contributed by atoms with Gasteiger partial charge >= 0.3 is 0 Å². The normalized spacial score (nSPS) is 13.2. The van der Waals surface area contributed by atoms with E-state index >= 15 is 0 Å². The van der Waals surface area contributed by atoms with Crippen LogP contribution in [-0.2, 0) is 5.41 Å². The van der Waals surface area contributed by atoms with Gasteiger partial charge in [-0.05, 0) is 37.1 Å². The molecule has 1 nitrogen and oxygen atoms in total. The highest BCUT2D eigenvalue weighted by atomic mass is 14.9. The molecule has 1 unspecified atom stereocenters. The molecule has 0 aromatic heterocycles. The van der Waals surface area contributed by atoms with Crippen molar-refractivity contribution in [1.29, 1.82) is 0 Å². The highest BCUT2D eigenvalue weighted by molar-refractivity contribution is 5.38. The van der Waals surface area contributed by atoms with Crippen molar-refractivity contribution in [1.82, 2.24) is 5.32 Å². The fourth-order valence-corrected chi connectivity index (χ4v) is 3.14. The lowest BCUT2D eigenvalue weighted by Gasteiger charge is -2.37. The van der Waals surface area contributed by atoms with E-state index in [2.05, 4.69) is 88.5 Å². The molecule has 0 radical (unpaired) electrons. The molecule has 0 aliphatic rings. The standard InChI is InChI=1S/C20H27N/c1-6-21-19(18-13-12-15(2)14-16(18)3)20(4,5)17-10-8-7-9-11-17/h7-14,19,21H,6H2,1-5H3. The summed E-state index contributed by atoms with van der Waals surface area (Å²) in [7, 11) is 0. The number of likely N-dealkylation sites (N-methyl/N-ethyl adjacent to an activating group) is 1. The van der Waals surface area contributed by atoms with Gasteiger partial charge < -0.3 is 5.32 Å². The second-order valence-electron chi connectivity index (χ2n) is 6.44. The number of nitrogens with one attached hydrogen (secondary N) is 1. The van der Waals surface area contributed by atoms with Gasteiger partial charge in [0.2, 0.25) is 0 Å². The zero-order chi connectivity index (χ0) is 15.5. The topological polar surface area (TPSA) is 12.0 Å². The SMILES string of the molecule is CCNC(c1ccc(C)cc1C)C(C)(C)c1ccccc1. The highest BCUT2D eigenvalue weighted by Crippen LogP contribution is 2.38. The Labute approximate surface area is 129 Å². The second-order valence-corrected chi connectivity index (χ2v) is 6.44. The summed E-state index contributed by atoms with van der Waals surface area (Å²) in [6, 6.07) is 17.9. The van der Waals surface area contributed by atoms with Crippen LogP contribution in [0.4, 0.5) is 0 Å². The third-order valence-electron chi connectivity index (χ3n) is 4.38. The Bertz CT molecular complexity index is 584. The second kappa shape index (κ2) is 6.44. The van der Waals surface area contributed by atoms with Crippen LogP contribution in [0.15, 0.2) is 48.5 Å². The van der Waals surface area contributed by atoms with Gasteiger partial charge in [0.05, 0.1) is 0 Å². The molecule has 0 aliphatic carbocycles. The van der Waals surface area contributed by atoms with Crippen LogP contribution < -0.4 is 5.32 Å². The molecule has 112 valence electrons. The van der Waals surface area contributed by atoms with Gasteiger partial charge in [0.1, 0.15) is 0 Å². The van der Waals surface area contributed by atoms with Crippen LogP contribution in [0.5, 0.6) is 0 Å². The molecule has 0 aliphatic heterocycles. The van der Waals surface area contributed by atoms with Crippen LogP contribution in [0.2, 0.25) is 0 Å². The summed E-state index contributed by atoms with van der Waals surface area (Å²) >= 11 is 0. The first-order valence-electron chi connectivity index (χ1n) is 7.83. The predicted octanol–water partition coefficient (Wildman–Crippen LogP) is 4.93. The summed E-state index contributed by atoms with van der Waals surface area (Å²) in [6.45, 7) is 12.2. The van der Waals surface area contributed by atoms with E-state index in [1.807, 2.05) is 0 Å². The van der Waals surface area contributed by atoms with Crippen molar-refractivity contribution in [2.75, 3.05) is 6.54 Å². The monoisotopic (exact) mass is 281 g/mol. The Balaban J connectivity index is 2.47. The average Bonchev–Trinajstić information content (AvgIpc) is 2.46. The molecule has 1 N–H and O–H groups in total. The van der Waals surface area contributed by atoms with Gasteiger partial charge in [-0.1, -0.05) is 74.9 Å². The molecule has 0 saturated heterocycles. The smallest absolute Gasteiger partial charge is 0.0415 e. The van der Waals surface area contributed by atoms with Crippen molar-refractivity contribution in [3.8, 4) is 0 Å². The minimum Gasteiger partial charge on any atom is -0.309 e. The lowest BCUT2D eigenvalue weighted by atomic mass is 9.74. The Kier molecular flexibility index (Phi) is 4.84. The van der Waals surface area contributed by atoms with Crippen molar-refractivity contribution >= 4 is 0 Å². The van der Waals surface area contributed by atoms with Gasteiger partial charge in [-0.25, -0.2) is 0 Å². The molecular formula is C20H27N. The summed E-state index contributed by atoms with van der Waals surface area (Å²) in [5.41, 5.74) is 5.50. The van der Waals surface area contributed by atoms with E-state index in [0.717, 1.165) is 6.54 Å². The summed E-state index contributed by atoms with van der Waals surface area (Å²) in [5, 5.41) is 3.70. The molecule has 1 heteroatoms. The first-order chi connectivity index (χ1) is 9.96. The molecule has 2 aromatic rings. The van der Waals surface area contributed by atoms with Gasteiger partial charge in [-0.3, -0.25) is 0 Å². The number of hydrogen-bond acceptors (Lipinski definition) is 1. The zero-order valence-corrected chi connectivity index (χ0v) is 13.9. The van der Waals surface area contributed by atoms with Crippen LogP contribution in [-0.4, -0.2) is 6.54 Å². The van der Waals surface area contributed by atoms with Crippen LogP contribution in [0.1, 0.15) is 49.1 Å². The Morgan fingerprint density at radius 3 is 2.24 bits per heavy atom. The van der Waals surface area contributed by atoms with E-state index in [1.54, 1.807) is 0 Å². The van der Waals surface area contributed by atoms with E-state index in [0.29, 0.717) is 6.04 Å². The van der Waals surface area contributed by atoms with Gasteiger partial charge in [0, 0.05) is 11.5 Å². The van der Waals surface area contributed by atoms with Gasteiger partial charge in [0.15, 0.2) is 0 Å². The molecule has 0 saturated carbocycles. The lowest BCUT2D eigenvalue weighted by molar-refractivity contribution is 0.352. The molecule has 2 rings (SSSR count). The molecule has 0 fully saturated rings. The minimum atomic E-state index is 0.0390. The third-order valence-corrected chi connectivity index (χ3v) is 4.38. The minimum absolute atomic E-state index is 0.0390. The molecule has 0 heterocycles. The van der Waals surface area contributed by atoms with E-state index in [9.17, 15) is 0 Å². The molecule has 0 spiro atoms. The maximum Gasteiger partial charge on any atom is 0.0415 e. The van der Waals surface area contributed by atoms with E-state index in [4.69, 9.17) is 0 Å². The first-order valence-corrected chi connectivity index (χ1v) is 7.83. The summed E-state index contributed by atoms with van der Waals surface area (Å²) < 4.78 is 0. The fraction of sp³-hybridized carbons (Fsp3) is 0.400. The maximum atomic E-state index is 3.70. The molecular weight excluding hydrogens is 254 g/mol. The molecule has 21 heavy (non-hydrogen) atoms. The lowest BCUT2D eigenvalue weighted by Crippen LogP contribution is -2.37. The Hall–Kier alpha value is -1.60. The zero-order valence-electron chi connectivity index (χ0n) is 13.9. The predicted molar refractivity (Wildman–Crippen MR) is 91.8 cm³/mol. The van der Waals surface area contributed by atoms with Crippen molar-refractivity contribution in [3.05, 3.63) is 70.8 Å². The number of aryl methyl sites for hydroxylation is 2. The first kappa shape index (κ1) is 15.8. The number of rotatable bonds is 5. The van der Waals surface area contributed by atoms with Crippen LogP contribution in [0, 0.1) is 13.8 Å². The summed E-state index contributed by atoms with van der Waals surface area (Å²) in [5.74, 6) is 0. The van der Waals surface area contributed by atoms with Crippen LogP contribution in [0.25, 0.3) is 0 Å². The van der Waals surface area contributed by atoms with Gasteiger partial charge in [-0.15, -0.1) is 0 Å². The molecule has 2 aromatic carbocycles. The van der Waals surface area contributed by atoms with E-state index in [-0.39, 0.29) is 5.41 Å². The molecule has 0 bridgehead atoms. The van der Waals surface area contributed by atoms with Gasteiger partial charge in [-0.2, -0.15) is 0 Å². The van der Waals surface area contributed by atoms with E-state index < -0.39 is 0 Å². The largest absolute Gasteiger partial charge is 0.309 e.